The molecule has 0 aliphatic heterocycles. The molecule has 6 N–H and O–H groups in total. The van der Waals surface area contributed by atoms with Crippen molar-refractivity contribution in [2.24, 2.45) is 5.73 Å². The molecule has 0 bridgehead atoms. The first kappa shape index (κ1) is 26.4. The molecule has 36 heavy (non-hydrogen) atoms. The fourth-order valence-electron chi connectivity index (χ4n) is 3.48. The average molecular weight is 511 g/mol. The van der Waals surface area contributed by atoms with Crippen LogP contribution in [0.3, 0.4) is 0 Å². The second-order valence-corrected chi connectivity index (χ2v) is 9.18. The van der Waals surface area contributed by atoms with Crippen LogP contribution < -0.4 is 21.1 Å². The number of anilines is 1. The first-order valence-electron chi connectivity index (χ1n) is 10.9. The molecule has 0 aromatic heterocycles. The number of hydrogen-bond donors (Lipinski definition) is 5. The van der Waals surface area contributed by atoms with E-state index in [9.17, 15) is 22.8 Å². The molecule has 0 saturated heterocycles. The summed E-state index contributed by atoms with van der Waals surface area (Å²) in [5.74, 6) is -1.82. The van der Waals surface area contributed by atoms with Crippen LogP contribution in [0.15, 0.2) is 84.9 Å². The van der Waals surface area contributed by atoms with Gasteiger partial charge in [-0.25, -0.2) is 0 Å². The highest BCUT2D eigenvalue weighted by atomic mass is 32.2. The third kappa shape index (κ3) is 8.22. The minimum Gasteiger partial charge on any atom is -0.368 e. The molecule has 0 spiro atoms. The summed E-state index contributed by atoms with van der Waals surface area (Å²) in [6.07, 6.45) is 0.213. The van der Waals surface area contributed by atoms with Crippen molar-refractivity contribution >= 4 is 33.7 Å². The van der Waals surface area contributed by atoms with Crippen LogP contribution in [0.5, 0.6) is 0 Å². The van der Waals surface area contributed by atoms with Gasteiger partial charge in [0.1, 0.15) is 12.1 Å². The Bertz CT molecular complexity index is 1300. The quantitative estimate of drug-likeness (QED) is 0.245. The Morgan fingerprint density at radius 3 is 1.83 bits per heavy atom. The maximum atomic E-state index is 13.2. The molecule has 3 rings (SSSR count). The third-order valence-corrected chi connectivity index (χ3v) is 5.73. The molecule has 0 saturated carbocycles. The van der Waals surface area contributed by atoms with Crippen LogP contribution in [0, 0.1) is 0 Å². The second-order valence-electron chi connectivity index (χ2n) is 8.02. The summed E-state index contributed by atoms with van der Waals surface area (Å²) in [6.45, 7) is 0. The van der Waals surface area contributed by atoms with Gasteiger partial charge in [-0.1, -0.05) is 60.7 Å². The fraction of sp³-hybridized carbons (Fsp3) is 0.160. The van der Waals surface area contributed by atoms with E-state index in [1.54, 1.807) is 54.6 Å². The van der Waals surface area contributed by atoms with Gasteiger partial charge in [-0.05, 0) is 35.4 Å². The Labute approximate surface area is 208 Å². The van der Waals surface area contributed by atoms with Crippen molar-refractivity contribution in [2.45, 2.75) is 24.9 Å². The van der Waals surface area contributed by atoms with Gasteiger partial charge in [0.25, 0.3) is 5.91 Å². The monoisotopic (exact) mass is 510 g/mol. The van der Waals surface area contributed by atoms with E-state index < -0.39 is 40.1 Å². The van der Waals surface area contributed by atoms with Crippen molar-refractivity contribution in [3.8, 4) is 0 Å². The summed E-state index contributed by atoms with van der Waals surface area (Å²) in [7, 11) is -4.44. The Hall–Kier alpha value is -4.22. The second kappa shape index (κ2) is 12.0. The normalized spacial score (nSPS) is 12.7. The molecule has 3 aromatic carbocycles. The Morgan fingerprint density at radius 1 is 0.750 bits per heavy atom. The predicted octanol–water partition coefficient (Wildman–Crippen LogP) is 1.46. The maximum absolute atomic E-state index is 13.2. The highest BCUT2D eigenvalue weighted by Crippen LogP contribution is 2.13. The van der Waals surface area contributed by atoms with Crippen LogP contribution in [0.2, 0.25) is 0 Å². The van der Waals surface area contributed by atoms with Crippen molar-refractivity contribution in [2.75, 3.05) is 4.72 Å². The molecule has 10 nitrogen and oxygen atoms in total. The van der Waals surface area contributed by atoms with Gasteiger partial charge in [0, 0.05) is 18.4 Å². The average Bonchev–Trinajstić information content (AvgIpc) is 2.84. The largest absolute Gasteiger partial charge is 0.368 e. The van der Waals surface area contributed by atoms with Gasteiger partial charge in [0.2, 0.25) is 11.8 Å². The minimum absolute atomic E-state index is 0.0351. The van der Waals surface area contributed by atoms with Gasteiger partial charge in [-0.15, -0.1) is 0 Å². The molecule has 11 heteroatoms. The van der Waals surface area contributed by atoms with E-state index in [1.165, 1.54) is 24.3 Å². The van der Waals surface area contributed by atoms with Crippen molar-refractivity contribution in [3.63, 3.8) is 0 Å². The van der Waals surface area contributed by atoms with E-state index in [-0.39, 0.29) is 18.5 Å². The lowest BCUT2D eigenvalue weighted by atomic mass is 10.0. The number of carbonyl (C=O) groups excluding carboxylic acids is 3. The number of carbonyl (C=O) groups is 3. The molecular formula is C25H26N4O6S. The number of nitrogens with two attached hydrogens (primary N) is 1. The van der Waals surface area contributed by atoms with Crippen molar-refractivity contribution in [1.82, 2.24) is 10.6 Å². The van der Waals surface area contributed by atoms with E-state index >= 15 is 0 Å². The number of nitrogens with one attached hydrogen (secondary N) is 3. The van der Waals surface area contributed by atoms with Crippen LogP contribution >= 0.6 is 0 Å². The van der Waals surface area contributed by atoms with Gasteiger partial charge in [0.05, 0.1) is 5.69 Å². The SMILES string of the molecule is NC(=O)[C@H](Cc1ccccc1)NC(=O)[C@H](Cc1ccc(NS(=O)(=O)O)cc1)NC(=O)c1ccccc1. The van der Waals surface area contributed by atoms with Gasteiger partial charge < -0.3 is 16.4 Å². The first-order valence-corrected chi connectivity index (χ1v) is 12.4. The number of benzene rings is 3. The number of amides is 3. The van der Waals surface area contributed by atoms with E-state index in [0.717, 1.165) is 5.56 Å². The molecular weight excluding hydrogens is 484 g/mol. The molecule has 0 fully saturated rings. The fourth-order valence-corrected chi connectivity index (χ4v) is 3.91. The molecule has 2 atom stereocenters. The Morgan fingerprint density at radius 2 is 1.28 bits per heavy atom. The van der Waals surface area contributed by atoms with E-state index in [1.807, 2.05) is 10.8 Å². The summed E-state index contributed by atoms with van der Waals surface area (Å²) in [5.41, 5.74) is 7.38. The van der Waals surface area contributed by atoms with Crippen LogP contribution in [-0.4, -0.2) is 42.8 Å². The van der Waals surface area contributed by atoms with Gasteiger partial charge in [-0.3, -0.25) is 23.7 Å². The summed E-state index contributed by atoms with van der Waals surface area (Å²) in [5, 5.41) is 5.32. The predicted molar refractivity (Wildman–Crippen MR) is 134 cm³/mol. The highest BCUT2D eigenvalue weighted by molar-refractivity contribution is 7.87. The highest BCUT2D eigenvalue weighted by Gasteiger charge is 2.26. The van der Waals surface area contributed by atoms with Crippen molar-refractivity contribution < 1.29 is 27.4 Å². The molecule has 0 aliphatic carbocycles. The molecule has 188 valence electrons. The molecule has 3 aromatic rings. The summed E-state index contributed by atoms with van der Waals surface area (Å²) in [4.78, 5) is 38.1. The number of rotatable bonds is 11. The van der Waals surface area contributed by atoms with Crippen LogP contribution in [0.25, 0.3) is 0 Å². The van der Waals surface area contributed by atoms with E-state index in [0.29, 0.717) is 11.1 Å². The Kier molecular flexibility index (Phi) is 8.76. The molecule has 0 radical (unpaired) electrons. The third-order valence-electron chi connectivity index (χ3n) is 5.24. The lowest BCUT2D eigenvalue weighted by Gasteiger charge is -2.22. The maximum Gasteiger partial charge on any atom is 0.357 e. The van der Waals surface area contributed by atoms with E-state index in [4.69, 9.17) is 10.3 Å². The lowest BCUT2D eigenvalue weighted by molar-refractivity contribution is -0.128. The first-order chi connectivity index (χ1) is 17.1. The van der Waals surface area contributed by atoms with E-state index in [2.05, 4.69) is 10.6 Å². The minimum atomic E-state index is -4.44. The standard InChI is InChI=1S/C25H26N4O6S/c26-23(30)21(15-17-7-3-1-4-8-17)27-25(32)22(28-24(31)19-9-5-2-6-10-19)16-18-11-13-20(14-12-18)29-36(33,34)35/h1-14,21-22,29H,15-16H2,(H2,26,30)(H,27,32)(H,28,31)(H,33,34,35)/t21-,22-/m0/s1. The Balaban J connectivity index is 1.79. The van der Waals surface area contributed by atoms with Gasteiger partial charge in [0.15, 0.2) is 0 Å². The topological polar surface area (TPSA) is 168 Å². The number of primary amides is 1. The van der Waals surface area contributed by atoms with Gasteiger partial charge in [-0.2, -0.15) is 8.42 Å². The zero-order valence-electron chi connectivity index (χ0n) is 19.1. The number of hydrogen-bond acceptors (Lipinski definition) is 5. The van der Waals surface area contributed by atoms with Crippen molar-refractivity contribution in [1.29, 1.82) is 0 Å². The molecule has 0 aliphatic rings. The molecule has 3 amide bonds. The summed E-state index contributed by atoms with van der Waals surface area (Å²) in [6, 6.07) is 21.2. The smallest absolute Gasteiger partial charge is 0.357 e. The summed E-state index contributed by atoms with van der Waals surface area (Å²) < 4.78 is 32.9. The lowest BCUT2D eigenvalue weighted by Crippen LogP contribution is -2.54. The van der Waals surface area contributed by atoms with Crippen molar-refractivity contribution in [3.05, 3.63) is 102 Å². The zero-order chi connectivity index (χ0) is 26.1. The van der Waals surface area contributed by atoms with Crippen LogP contribution in [-0.2, 0) is 32.7 Å². The van der Waals surface area contributed by atoms with Gasteiger partial charge >= 0.3 is 10.3 Å². The molecule has 0 unspecified atom stereocenters. The van der Waals surface area contributed by atoms with Crippen LogP contribution in [0.4, 0.5) is 5.69 Å². The summed E-state index contributed by atoms with van der Waals surface area (Å²) >= 11 is 0. The molecule has 0 heterocycles. The zero-order valence-corrected chi connectivity index (χ0v) is 19.9. The van der Waals surface area contributed by atoms with Crippen LogP contribution in [0.1, 0.15) is 21.5 Å².